The Kier molecular flexibility index (Phi) is 9.77. The first kappa shape index (κ1) is 32.4. The molecule has 236 valence electrons. The smallest absolute Gasteiger partial charge is 0.313 e. The summed E-state index contributed by atoms with van der Waals surface area (Å²) in [6.45, 7) is 1.99. The van der Waals surface area contributed by atoms with E-state index in [4.69, 9.17) is 4.74 Å². The molecule has 0 aliphatic heterocycles. The second kappa shape index (κ2) is 13.6. The molecule has 1 aliphatic carbocycles. The molecule has 0 saturated heterocycles. The number of rotatable bonds is 9. The minimum Gasteiger partial charge on any atom is -0.313 e. The fraction of sp³-hybridized carbons (Fsp3) is 0.278. The molecule has 1 nitrogen and oxygen atoms in total. The first-order valence-electron chi connectivity index (χ1n) is 14.7. The summed E-state index contributed by atoms with van der Waals surface area (Å²) in [4.78, 5) is 0. The van der Waals surface area contributed by atoms with Crippen LogP contribution in [0.3, 0.4) is 0 Å². The number of allylic oxidation sites excluding steroid dienone is 1. The SMILES string of the molecule is CCC/C=C/c1ccc(C(F)(F)OC2CCC(c3ccc(-c4ccc(-c5cc(F)c(F)c(F)c5)c(F)c4)c(F)c3)CC2)c(F)c1. The standard InChI is InChI=1S/C36H30F8O/c1-2-3-4-5-21-6-15-29(32(39)16-21)36(43,44)45-26-11-7-22(8-12-26)23-9-13-27(30(37)17-23)24-10-14-28(31(38)18-24)25-19-33(40)35(42)34(41)20-25/h4-6,9-10,13-20,22,26H,2-3,7-8,11-12H2,1H3/b5-4+. The summed E-state index contributed by atoms with van der Waals surface area (Å²) in [5, 5.41) is 0. The van der Waals surface area contributed by atoms with Crippen molar-refractivity contribution in [3.63, 3.8) is 0 Å². The van der Waals surface area contributed by atoms with Gasteiger partial charge in [-0.1, -0.05) is 55.8 Å². The summed E-state index contributed by atoms with van der Waals surface area (Å²) in [6.07, 6.45) is 2.03. The van der Waals surface area contributed by atoms with E-state index in [-0.39, 0.29) is 41.0 Å². The van der Waals surface area contributed by atoms with Gasteiger partial charge in [0.15, 0.2) is 17.5 Å². The Morgan fingerprint density at radius 2 is 1.31 bits per heavy atom. The number of benzene rings is 4. The molecule has 1 aliphatic rings. The second-order valence-corrected chi connectivity index (χ2v) is 11.2. The van der Waals surface area contributed by atoms with Crippen LogP contribution in [0.1, 0.15) is 68.1 Å². The number of unbranched alkanes of at least 4 members (excludes halogenated alkanes) is 1. The van der Waals surface area contributed by atoms with Crippen molar-refractivity contribution in [3.05, 3.63) is 124 Å². The van der Waals surface area contributed by atoms with Crippen LogP contribution in [0, 0.1) is 34.9 Å². The highest BCUT2D eigenvalue weighted by Gasteiger charge is 2.40. The maximum absolute atomic E-state index is 15.2. The van der Waals surface area contributed by atoms with Gasteiger partial charge in [0.1, 0.15) is 17.5 Å². The van der Waals surface area contributed by atoms with Crippen LogP contribution in [-0.2, 0) is 10.8 Å². The van der Waals surface area contributed by atoms with E-state index >= 15 is 4.39 Å². The van der Waals surface area contributed by atoms with E-state index in [1.54, 1.807) is 12.1 Å². The zero-order valence-electron chi connectivity index (χ0n) is 24.3. The van der Waals surface area contributed by atoms with Crippen molar-refractivity contribution in [2.75, 3.05) is 0 Å². The van der Waals surface area contributed by atoms with Gasteiger partial charge in [-0.2, -0.15) is 8.78 Å². The van der Waals surface area contributed by atoms with Gasteiger partial charge in [0.2, 0.25) is 0 Å². The number of ether oxygens (including phenoxy) is 1. The topological polar surface area (TPSA) is 9.23 Å². The van der Waals surface area contributed by atoms with Crippen LogP contribution in [-0.4, -0.2) is 6.10 Å². The lowest BCUT2D eigenvalue weighted by molar-refractivity contribution is -0.278. The van der Waals surface area contributed by atoms with E-state index in [9.17, 15) is 30.7 Å². The molecule has 5 rings (SSSR count). The van der Waals surface area contributed by atoms with E-state index in [0.29, 0.717) is 36.1 Å². The molecule has 0 aromatic heterocycles. The predicted octanol–water partition coefficient (Wildman–Crippen LogP) is 11.5. The number of hydrogen-bond donors (Lipinski definition) is 0. The van der Waals surface area contributed by atoms with E-state index in [2.05, 4.69) is 0 Å². The highest BCUT2D eigenvalue weighted by atomic mass is 19.3. The lowest BCUT2D eigenvalue weighted by Crippen LogP contribution is -2.30. The molecule has 1 saturated carbocycles. The average Bonchev–Trinajstić information content (AvgIpc) is 3.00. The van der Waals surface area contributed by atoms with Crippen LogP contribution in [0.5, 0.6) is 0 Å². The predicted molar refractivity (Wildman–Crippen MR) is 157 cm³/mol. The Morgan fingerprint density at radius 1 is 0.689 bits per heavy atom. The molecule has 0 amide bonds. The minimum absolute atomic E-state index is 0.0891. The summed E-state index contributed by atoms with van der Waals surface area (Å²) in [6, 6.07) is 13.0. The lowest BCUT2D eigenvalue weighted by Gasteiger charge is -2.31. The average molecular weight is 631 g/mol. The summed E-state index contributed by atoms with van der Waals surface area (Å²) in [5.41, 5.74) is 0.190. The van der Waals surface area contributed by atoms with Gasteiger partial charge in [-0.05, 0) is 96.7 Å². The maximum atomic E-state index is 15.2. The fourth-order valence-corrected chi connectivity index (χ4v) is 5.69. The van der Waals surface area contributed by atoms with Gasteiger partial charge in [-0.3, -0.25) is 0 Å². The summed E-state index contributed by atoms with van der Waals surface area (Å²) in [7, 11) is 0. The normalized spacial score (nSPS) is 17.3. The molecule has 4 aromatic carbocycles. The molecule has 1 fully saturated rings. The third-order valence-corrected chi connectivity index (χ3v) is 8.10. The van der Waals surface area contributed by atoms with Gasteiger partial charge in [0.25, 0.3) is 0 Å². The number of halogens is 8. The monoisotopic (exact) mass is 630 g/mol. The Morgan fingerprint density at radius 3 is 1.93 bits per heavy atom. The van der Waals surface area contributed by atoms with Crippen LogP contribution in [0.25, 0.3) is 28.3 Å². The lowest BCUT2D eigenvalue weighted by atomic mass is 9.82. The first-order chi connectivity index (χ1) is 21.5. The van der Waals surface area contributed by atoms with Crippen LogP contribution in [0.2, 0.25) is 0 Å². The third-order valence-electron chi connectivity index (χ3n) is 8.10. The Bertz CT molecular complexity index is 1680. The maximum Gasteiger partial charge on any atom is 0.386 e. The van der Waals surface area contributed by atoms with Gasteiger partial charge < -0.3 is 4.74 Å². The molecule has 9 heteroatoms. The van der Waals surface area contributed by atoms with Crippen LogP contribution in [0.15, 0.2) is 72.8 Å². The fourth-order valence-electron chi connectivity index (χ4n) is 5.69. The van der Waals surface area contributed by atoms with Gasteiger partial charge in [0, 0.05) is 11.1 Å². The molecule has 0 unspecified atom stereocenters. The van der Waals surface area contributed by atoms with Crippen molar-refractivity contribution >= 4 is 6.08 Å². The molecule has 0 bridgehead atoms. The van der Waals surface area contributed by atoms with E-state index in [1.807, 2.05) is 13.0 Å². The molecule has 0 spiro atoms. The molecule has 0 N–H and O–H groups in total. The van der Waals surface area contributed by atoms with Crippen molar-refractivity contribution < 1.29 is 39.9 Å². The van der Waals surface area contributed by atoms with Crippen LogP contribution in [0.4, 0.5) is 35.1 Å². The van der Waals surface area contributed by atoms with Crippen molar-refractivity contribution in [1.29, 1.82) is 0 Å². The molecule has 0 atom stereocenters. The van der Waals surface area contributed by atoms with E-state index < -0.39 is 52.7 Å². The van der Waals surface area contributed by atoms with Gasteiger partial charge >= 0.3 is 6.11 Å². The van der Waals surface area contributed by atoms with Gasteiger partial charge in [-0.15, -0.1) is 0 Å². The van der Waals surface area contributed by atoms with Crippen molar-refractivity contribution in [2.45, 2.75) is 63.6 Å². The zero-order valence-corrected chi connectivity index (χ0v) is 24.3. The van der Waals surface area contributed by atoms with Crippen molar-refractivity contribution in [2.24, 2.45) is 0 Å². The van der Waals surface area contributed by atoms with E-state index in [0.717, 1.165) is 31.0 Å². The molecule has 4 aromatic rings. The molecular formula is C36H30F8O. The van der Waals surface area contributed by atoms with Crippen molar-refractivity contribution in [1.82, 2.24) is 0 Å². The van der Waals surface area contributed by atoms with Crippen molar-refractivity contribution in [3.8, 4) is 22.3 Å². The quantitative estimate of drug-likeness (QED) is 0.132. The highest BCUT2D eigenvalue weighted by molar-refractivity contribution is 5.71. The highest BCUT2D eigenvalue weighted by Crippen LogP contribution is 2.41. The Labute approximate surface area is 256 Å². The first-order valence-corrected chi connectivity index (χ1v) is 14.7. The Hall–Kier alpha value is -3.98. The largest absolute Gasteiger partial charge is 0.386 e. The molecule has 45 heavy (non-hydrogen) atoms. The number of alkyl halides is 2. The number of hydrogen-bond acceptors (Lipinski definition) is 1. The minimum atomic E-state index is -3.81. The third kappa shape index (κ3) is 7.30. The Balaban J connectivity index is 1.23. The second-order valence-electron chi connectivity index (χ2n) is 11.2. The molecular weight excluding hydrogens is 600 g/mol. The van der Waals surface area contributed by atoms with Gasteiger partial charge in [0.05, 0.1) is 11.7 Å². The van der Waals surface area contributed by atoms with Crippen LogP contribution >= 0.6 is 0 Å². The van der Waals surface area contributed by atoms with E-state index in [1.165, 1.54) is 30.3 Å². The summed E-state index contributed by atoms with van der Waals surface area (Å²) in [5.74, 6) is -7.27. The zero-order chi connectivity index (χ0) is 32.3. The summed E-state index contributed by atoms with van der Waals surface area (Å²) < 4.78 is 120. The summed E-state index contributed by atoms with van der Waals surface area (Å²) >= 11 is 0. The van der Waals surface area contributed by atoms with Crippen LogP contribution < -0.4 is 0 Å². The van der Waals surface area contributed by atoms with Gasteiger partial charge in [-0.25, -0.2) is 26.3 Å². The molecule has 0 radical (unpaired) electrons. The molecule has 0 heterocycles.